The Morgan fingerprint density at radius 1 is 1.53 bits per heavy atom. The molecule has 2 aromatic rings. The highest BCUT2D eigenvalue weighted by Crippen LogP contribution is 2.15. The summed E-state index contributed by atoms with van der Waals surface area (Å²) in [7, 11) is 0. The van der Waals surface area contributed by atoms with Crippen molar-refractivity contribution in [3.05, 3.63) is 52.3 Å². The third kappa shape index (κ3) is 3.28. The number of hydrogen-bond donors (Lipinski definition) is 1. The van der Waals surface area contributed by atoms with Crippen LogP contribution in [0.4, 0.5) is 10.5 Å². The Bertz CT molecular complexity index is 623. The van der Waals surface area contributed by atoms with Gasteiger partial charge in [0.1, 0.15) is 18.1 Å². The molecule has 0 saturated heterocycles. The summed E-state index contributed by atoms with van der Waals surface area (Å²) < 4.78 is 6.16. The van der Waals surface area contributed by atoms with Crippen LogP contribution in [-0.2, 0) is 6.54 Å². The molecular weight excluding hydrogens is 252 g/mol. The normalized spacial score (nSPS) is 10.1. The minimum absolute atomic E-state index is 0.0791. The van der Waals surface area contributed by atoms with Gasteiger partial charge in [0.05, 0.1) is 11.5 Å². The number of nitrogens with zero attached hydrogens (tertiary/aromatic N) is 3. The first-order valence-corrected chi connectivity index (χ1v) is 5.27. The van der Waals surface area contributed by atoms with Crippen LogP contribution in [0.1, 0.15) is 5.56 Å². The highest BCUT2D eigenvalue weighted by atomic mass is 16.6. The summed E-state index contributed by atoms with van der Waals surface area (Å²) in [6.07, 6.45) is 1.60. The molecule has 0 saturated carbocycles. The monoisotopic (exact) mass is 262 g/mol. The Balaban J connectivity index is 2.13. The highest BCUT2D eigenvalue weighted by Gasteiger charge is 2.09. The van der Waals surface area contributed by atoms with Gasteiger partial charge in [-0.15, -0.1) is 0 Å². The van der Waals surface area contributed by atoms with E-state index in [1.54, 1.807) is 24.3 Å². The van der Waals surface area contributed by atoms with Crippen molar-refractivity contribution in [1.29, 1.82) is 0 Å². The first-order chi connectivity index (χ1) is 9.04. The van der Waals surface area contributed by atoms with E-state index in [0.29, 0.717) is 12.3 Å². The number of carbonyl (C=O) groups excluding carboxylic acids is 1. The van der Waals surface area contributed by atoms with Crippen LogP contribution < -0.4 is 10.5 Å². The lowest BCUT2D eigenvalue weighted by Gasteiger charge is -2.04. The number of hydrogen-bond acceptors (Lipinski definition) is 5. The van der Waals surface area contributed by atoms with Gasteiger partial charge in [0.15, 0.2) is 0 Å². The molecule has 19 heavy (non-hydrogen) atoms. The summed E-state index contributed by atoms with van der Waals surface area (Å²) in [5.41, 5.74) is 5.61. The number of carbonyl (C=O) groups is 1. The molecule has 0 fully saturated rings. The average Bonchev–Trinajstić information content (AvgIpc) is 2.77. The third-order valence-electron chi connectivity index (χ3n) is 2.29. The van der Waals surface area contributed by atoms with Gasteiger partial charge in [-0.05, 0) is 17.7 Å². The zero-order valence-electron chi connectivity index (χ0n) is 9.72. The van der Waals surface area contributed by atoms with Crippen molar-refractivity contribution in [3.8, 4) is 5.75 Å². The van der Waals surface area contributed by atoms with Crippen LogP contribution in [0, 0.1) is 10.1 Å². The second-order valence-corrected chi connectivity index (χ2v) is 3.72. The van der Waals surface area contributed by atoms with Gasteiger partial charge >= 0.3 is 11.8 Å². The first-order valence-electron chi connectivity index (χ1n) is 5.27. The summed E-state index contributed by atoms with van der Waals surface area (Å²) in [5, 5.41) is 14.4. The van der Waals surface area contributed by atoms with E-state index in [1.165, 1.54) is 17.1 Å². The predicted molar refractivity (Wildman–Crippen MR) is 64.6 cm³/mol. The summed E-state index contributed by atoms with van der Waals surface area (Å²) in [6.45, 7) is 0.323. The average molecular weight is 262 g/mol. The second kappa shape index (κ2) is 5.17. The lowest BCUT2D eigenvalue weighted by atomic mass is 10.2. The number of aromatic nitrogens is 2. The lowest BCUT2D eigenvalue weighted by molar-refractivity contribution is -0.385. The Kier molecular flexibility index (Phi) is 3.42. The van der Waals surface area contributed by atoms with Crippen LogP contribution in [0.5, 0.6) is 5.75 Å². The molecule has 0 atom stereocenters. The molecule has 2 rings (SSSR count). The van der Waals surface area contributed by atoms with E-state index in [1.807, 2.05) is 0 Å². The van der Waals surface area contributed by atoms with Crippen LogP contribution in [-0.4, -0.2) is 20.8 Å². The highest BCUT2D eigenvalue weighted by molar-refractivity contribution is 5.68. The maximum absolute atomic E-state index is 10.6. The molecule has 1 amide bonds. The summed E-state index contributed by atoms with van der Waals surface area (Å²) in [6, 6.07) is 6.66. The van der Waals surface area contributed by atoms with Gasteiger partial charge in [0.2, 0.25) is 0 Å². The van der Waals surface area contributed by atoms with Crippen molar-refractivity contribution in [2.24, 2.45) is 5.73 Å². The van der Waals surface area contributed by atoms with E-state index >= 15 is 0 Å². The van der Waals surface area contributed by atoms with Crippen LogP contribution in [0.15, 0.2) is 36.7 Å². The molecular formula is C11H10N4O4. The van der Waals surface area contributed by atoms with Gasteiger partial charge in [-0.3, -0.25) is 14.8 Å². The lowest BCUT2D eigenvalue weighted by Crippen LogP contribution is -2.16. The van der Waals surface area contributed by atoms with Crippen molar-refractivity contribution in [2.45, 2.75) is 6.54 Å². The van der Waals surface area contributed by atoms with Crippen LogP contribution in [0.2, 0.25) is 0 Å². The fraction of sp³-hybridized carbons (Fsp3) is 0.0909. The molecule has 1 aromatic heterocycles. The minimum Gasteiger partial charge on any atom is -0.410 e. The molecule has 0 aliphatic rings. The number of amides is 1. The summed E-state index contributed by atoms with van der Waals surface area (Å²) >= 11 is 0. The molecule has 0 unspecified atom stereocenters. The molecule has 8 nitrogen and oxygen atoms in total. The fourth-order valence-corrected chi connectivity index (χ4v) is 1.54. The second-order valence-electron chi connectivity index (χ2n) is 3.72. The number of nitrogens with two attached hydrogens (primary N) is 1. The Hall–Kier alpha value is -2.90. The van der Waals surface area contributed by atoms with E-state index in [-0.39, 0.29) is 5.69 Å². The zero-order valence-corrected chi connectivity index (χ0v) is 9.72. The maximum atomic E-state index is 10.6. The van der Waals surface area contributed by atoms with Crippen molar-refractivity contribution in [3.63, 3.8) is 0 Å². The van der Waals surface area contributed by atoms with Crippen molar-refractivity contribution in [1.82, 2.24) is 9.78 Å². The summed E-state index contributed by atoms with van der Waals surface area (Å²) in [4.78, 5) is 20.6. The van der Waals surface area contributed by atoms with Gasteiger partial charge in [-0.2, -0.15) is 5.10 Å². The number of nitro groups is 1. The number of ether oxygens (including phenoxy) is 1. The smallest absolute Gasteiger partial charge is 0.409 e. The van der Waals surface area contributed by atoms with Crippen molar-refractivity contribution in [2.75, 3.05) is 0 Å². The molecule has 0 aliphatic carbocycles. The third-order valence-corrected chi connectivity index (χ3v) is 2.29. The molecule has 2 N–H and O–H groups in total. The largest absolute Gasteiger partial charge is 0.410 e. The van der Waals surface area contributed by atoms with Gasteiger partial charge in [-0.25, -0.2) is 4.79 Å². The number of primary amides is 1. The predicted octanol–water partition coefficient (Wildman–Crippen LogP) is 1.30. The minimum atomic E-state index is -0.896. The number of benzene rings is 1. The molecule has 0 aliphatic heterocycles. The molecule has 8 heteroatoms. The van der Waals surface area contributed by atoms with Crippen molar-refractivity contribution < 1.29 is 14.5 Å². The fourth-order valence-electron chi connectivity index (χ4n) is 1.54. The number of rotatable bonds is 4. The van der Waals surface area contributed by atoms with E-state index in [2.05, 4.69) is 5.10 Å². The Labute approximate surface area is 107 Å². The van der Waals surface area contributed by atoms with Crippen LogP contribution >= 0.6 is 0 Å². The molecule has 1 aromatic carbocycles. The quantitative estimate of drug-likeness (QED) is 0.658. The van der Waals surface area contributed by atoms with Gasteiger partial charge < -0.3 is 10.5 Å². The maximum Gasteiger partial charge on any atom is 0.409 e. The topological polar surface area (TPSA) is 113 Å². The van der Waals surface area contributed by atoms with Crippen LogP contribution in [0.25, 0.3) is 0 Å². The Morgan fingerprint density at radius 2 is 2.32 bits per heavy atom. The van der Waals surface area contributed by atoms with Gasteiger partial charge in [-0.1, -0.05) is 12.1 Å². The first kappa shape index (κ1) is 12.6. The van der Waals surface area contributed by atoms with E-state index in [4.69, 9.17) is 10.5 Å². The van der Waals surface area contributed by atoms with Gasteiger partial charge in [0, 0.05) is 0 Å². The molecule has 0 spiro atoms. The molecule has 1 heterocycles. The Morgan fingerprint density at radius 3 is 2.95 bits per heavy atom. The zero-order chi connectivity index (χ0) is 13.8. The van der Waals surface area contributed by atoms with Crippen LogP contribution in [0.3, 0.4) is 0 Å². The SMILES string of the molecule is NC(=O)Oc1cccc(Cn2cc([N+](=O)[O-])cn2)c1. The van der Waals surface area contributed by atoms with E-state index in [0.717, 1.165) is 5.56 Å². The van der Waals surface area contributed by atoms with Gasteiger partial charge in [0.25, 0.3) is 0 Å². The molecule has 0 bridgehead atoms. The standard InChI is InChI=1S/C11H10N4O4/c12-11(16)19-10-3-1-2-8(4-10)6-14-7-9(5-13-14)15(17)18/h1-5,7H,6H2,(H2,12,16). The molecule has 0 radical (unpaired) electrons. The van der Waals surface area contributed by atoms with E-state index < -0.39 is 11.0 Å². The summed E-state index contributed by atoms with van der Waals surface area (Å²) in [5.74, 6) is 0.312. The van der Waals surface area contributed by atoms with Crippen molar-refractivity contribution >= 4 is 11.8 Å². The van der Waals surface area contributed by atoms with E-state index in [9.17, 15) is 14.9 Å². The molecule has 98 valence electrons.